The van der Waals surface area contributed by atoms with Crippen molar-refractivity contribution in [2.75, 3.05) is 38.5 Å². The van der Waals surface area contributed by atoms with Crippen LogP contribution in [0.2, 0.25) is 0 Å². The number of amides is 2. The fraction of sp³-hybridized carbons (Fsp3) is 0.619. The van der Waals surface area contributed by atoms with Crippen LogP contribution in [0.3, 0.4) is 0 Å². The second kappa shape index (κ2) is 7.35. The van der Waals surface area contributed by atoms with Crippen molar-refractivity contribution < 1.29 is 19.1 Å². The lowest BCUT2D eigenvalue weighted by Crippen LogP contribution is -2.60. The van der Waals surface area contributed by atoms with Gasteiger partial charge in [0.25, 0.3) is 5.91 Å². The smallest absolute Gasteiger partial charge is 0.253 e. The molecule has 0 aromatic heterocycles. The SMILES string of the molecule is O=C(COC1CSC2(C1)CN(C(=O)c1ccc3c(c1)COC3)C2)N1CCCC1. The van der Waals surface area contributed by atoms with Crippen molar-refractivity contribution in [1.29, 1.82) is 0 Å². The van der Waals surface area contributed by atoms with E-state index in [0.29, 0.717) is 13.2 Å². The minimum absolute atomic E-state index is 0.106. The third-order valence-electron chi connectivity index (χ3n) is 6.29. The summed E-state index contributed by atoms with van der Waals surface area (Å²) in [4.78, 5) is 28.8. The van der Waals surface area contributed by atoms with E-state index in [9.17, 15) is 9.59 Å². The highest BCUT2D eigenvalue weighted by Crippen LogP contribution is 2.46. The molecule has 7 heteroatoms. The summed E-state index contributed by atoms with van der Waals surface area (Å²) in [6, 6.07) is 5.91. The predicted molar refractivity (Wildman–Crippen MR) is 106 cm³/mol. The zero-order valence-electron chi connectivity index (χ0n) is 16.0. The number of ether oxygens (including phenoxy) is 2. The molecule has 2 amide bonds. The highest BCUT2D eigenvalue weighted by Gasteiger charge is 2.51. The van der Waals surface area contributed by atoms with Gasteiger partial charge in [-0.1, -0.05) is 6.07 Å². The number of hydrogen-bond acceptors (Lipinski definition) is 5. The second-order valence-electron chi connectivity index (χ2n) is 8.36. The van der Waals surface area contributed by atoms with E-state index < -0.39 is 0 Å². The van der Waals surface area contributed by atoms with Gasteiger partial charge in [-0.3, -0.25) is 9.59 Å². The topological polar surface area (TPSA) is 59.1 Å². The maximum atomic E-state index is 12.8. The Bertz CT molecular complexity index is 787. The number of fused-ring (bicyclic) bond motifs is 1. The number of carbonyl (C=O) groups is 2. The van der Waals surface area contributed by atoms with Crippen molar-refractivity contribution in [3.05, 3.63) is 34.9 Å². The number of hydrogen-bond donors (Lipinski definition) is 0. The molecule has 4 aliphatic heterocycles. The molecule has 3 saturated heterocycles. The average Bonchev–Trinajstić information content (AvgIpc) is 3.44. The first-order valence-electron chi connectivity index (χ1n) is 10.1. The Morgan fingerprint density at radius 1 is 1.14 bits per heavy atom. The first-order chi connectivity index (χ1) is 13.6. The number of thioether (sulfide) groups is 1. The van der Waals surface area contributed by atoms with Gasteiger partial charge in [0.15, 0.2) is 0 Å². The Balaban J connectivity index is 1.11. The Hall–Kier alpha value is -1.57. The Morgan fingerprint density at radius 3 is 2.75 bits per heavy atom. The van der Waals surface area contributed by atoms with Crippen molar-refractivity contribution in [2.45, 2.75) is 43.3 Å². The summed E-state index contributed by atoms with van der Waals surface area (Å²) in [7, 11) is 0. The van der Waals surface area contributed by atoms with Crippen molar-refractivity contribution in [3.8, 4) is 0 Å². The molecule has 0 saturated carbocycles. The number of benzene rings is 1. The van der Waals surface area contributed by atoms with Crippen LogP contribution in [0.4, 0.5) is 0 Å². The van der Waals surface area contributed by atoms with Crippen LogP contribution in [-0.2, 0) is 27.5 Å². The van der Waals surface area contributed by atoms with Gasteiger partial charge in [-0.25, -0.2) is 0 Å². The van der Waals surface area contributed by atoms with Gasteiger partial charge >= 0.3 is 0 Å². The van der Waals surface area contributed by atoms with Gasteiger partial charge in [0.1, 0.15) is 6.61 Å². The summed E-state index contributed by atoms with van der Waals surface area (Å²) in [5, 5.41) is 0. The summed E-state index contributed by atoms with van der Waals surface area (Å²) in [6.45, 7) is 4.73. The van der Waals surface area contributed by atoms with Gasteiger partial charge in [0.2, 0.25) is 5.91 Å². The first kappa shape index (κ1) is 18.5. The maximum Gasteiger partial charge on any atom is 0.253 e. The summed E-state index contributed by atoms with van der Waals surface area (Å²) in [5.41, 5.74) is 3.07. The lowest BCUT2D eigenvalue weighted by atomic mass is 9.92. The van der Waals surface area contributed by atoms with E-state index in [2.05, 4.69) is 0 Å². The van der Waals surface area contributed by atoms with E-state index in [1.807, 2.05) is 39.8 Å². The third kappa shape index (κ3) is 3.44. The molecule has 1 unspecified atom stereocenters. The van der Waals surface area contributed by atoms with Gasteiger partial charge in [0.05, 0.1) is 24.1 Å². The molecule has 1 atom stereocenters. The summed E-state index contributed by atoms with van der Waals surface area (Å²) < 4.78 is 11.5. The molecule has 1 spiro atoms. The van der Waals surface area contributed by atoms with Crippen LogP contribution >= 0.6 is 11.8 Å². The zero-order valence-corrected chi connectivity index (χ0v) is 16.8. The summed E-state index contributed by atoms with van der Waals surface area (Å²) in [5.74, 6) is 1.13. The molecule has 150 valence electrons. The van der Waals surface area contributed by atoms with Crippen LogP contribution in [0.1, 0.15) is 40.7 Å². The molecule has 4 aliphatic rings. The van der Waals surface area contributed by atoms with Gasteiger partial charge in [0, 0.05) is 37.5 Å². The van der Waals surface area contributed by atoms with E-state index >= 15 is 0 Å². The molecule has 1 aromatic rings. The van der Waals surface area contributed by atoms with E-state index in [1.54, 1.807) is 0 Å². The minimum Gasteiger partial charge on any atom is -0.372 e. The van der Waals surface area contributed by atoms with E-state index in [0.717, 1.165) is 62.3 Å². The third-order valence-corrected chi connectivity index (χ3v) is 7.87. The molecule has 1 aromatic carbocycles. The molecule has 4 heterocycles. The fourth-order valence-electron chi connectivity index (χ4n) is 4.66. The average molecular weight is 403 g/mol. The molecular weight excluding hydrogens is 376 g/mol. The van der Waals surface area contributed by atoms with Gasteiger partial charge in [-0.2, -0.15) is 0 Å². The monoisotopic (exact) mass is 402 g/mol. The Labute approximate surface area is 169 Å². The van der Waals surface area contributed by atoms with Crippen molar-refractivity contribution >= 4 is 23.6 Å². The van der Waals surface area contributed by atoms with Crippen molar-refractivity contribution in [1.82, 2.24) is 9.80 Å². The van der Waals surface area contributed by atoms with Crippen molar-refractivity contribution in [2.24, 2.45) is 0 Å². The number of rotatable bonds is 4. The Kier molecular flexibility index (Phi) is 4.85. The zero-order chi connectivity index (χ0) is 19.1. The first-order valence-corrected chi connectivity index (χ1v) is 11.1. The molecular formula is C21H26N2O4S. The maximum absolute atomic E-state index is 12.8. The van der Waals surface area contributed by atoms with E-state index in [-0.39, 0.29) is 29.3 Å². The quantitative estimate of drug-likeness (QED) is 0.772. The molecule has 0 aliphatic carbocycles. The van der Waals surface area contributed by atoms with Crippen LogP contribution in [0, 0.1) is 0 Å². The molecule has 6 nitrogen and oxygen atoms in total. The highest BCUT2D eigenvalue weighted by molar-refractivity contribution is 8.01. The Morgan fingerprint density at radius 2 is 1.93 bits per heavy atom. The van der Waals surface area contributed by atoms with E-state index in [4.69, 9.17) is 9.47 Å². The molecule has 0 N–H and O–H groups in total. The van der Waals surface area contributed by atoms with Crippen LogP contribution in [0.25, 0.3) is 0 Å². The van der Waals surface area contributed by atoms with Gasteiger partial charge in [-0.05, 0) is 42.5 Å². The van der Waals surface area contributed by atoms with Crippen LogP contribution in [0.5, 0.6) is 0 Å². The predicted octanol–water partition coefficient (Wildman–Crippen LogP) is 2.06. The number of carbonyl (C=O) groups excluding carboxylic acids is 2. The minimum atomic E-state index is 0.106. The molecule has 0 bridgehead atoms. The highest BCUT2D eigenvalue weighted by atomic mass is 32.2. The lowest BCUT2D eigenvalue weighted by molar-refractivity contribution is -0.136. The second-order valence-corrected chi connectivity index (χ2v) is 9.84. The van der Waals surface area contributed by atoms with E-state index in [1.165, 1.54) is 5.56 Å². The molecule has 5 rings (SSSR count). The van der Waals surface area contributed by atoms with Crippen LogP contribution in [-0.4, -0.2) is 71.0 Å². The molecule has 3 fully saturated rings. The summed E-state index contributed by atoms with van der Waals surface area (Å²) in [6.07, 6.45) is 3.25. The standard InChI is InChI=1S/C21H26N2O4S/c24-19(22-5-1-2-6-22)11-27-18-8-21(28-12-18)13-23(14-21)20(25)15-3-4-16-9-26-10-17(16)7-15/h3-4,7,18H,1-2,5-6,8-14H2. The van der Waals surface area contributed by atoms with Crippen molar-refractivity contribution in [3.63, 3.8) is 0 Å². The molecule has 0 radical (unpaired) electrons. The van der Waals surface area contributed by atoms with Gasteiger partial charge in [-0.15, -0.1) is 11.8 Å². The van der Waals surface area contributed by atoms with Crippen LogP contribution in [0.15, 0.2) is 18.2 Å². The fourth-order valence-corrected chi connectivity index (χ4v) is 6.21. The largest absolute Gasteiger partial charge is 0.372 e. The molecule has 28 heavy (non-hydrogen) atoms. The summed E-state index contributed by atoms with van der Waals surface area (Å²) >= 11 is 1.90. The number of likely N-dealkylation sites (tertiary alicyclic amines) is 2. The van der Waals surface area contributed by atoms with Crippen LogP contribution < -0.4 is 0 Å². The normalized spacial score (nSPS) is 25.2. The van der Waals surface area contributed by atoms with Gasteiger partial charge < -0.3 is 19.3 Å². The number of nitrogens with zero attached hydrogens (tertiary/aromatic N) is 2. The lowest BCUT2D eigenvalue weighted by Gasteiger charge is -2.47.